The minimum absolute atomic E-state index is 0.319. The zero-order chi connectivity index (χ0) is 26.3. The quantitative estimate of drug-likeness (QED) is 0.168. The number of ether oxygens (including phenoxy) is 1. The highest BCUT2D eigenvalue weighted by atomic mass is 35.5. The summed E-state index contributed by atoms with van der Waals surface area (Å²) < 4.78 is 44.7. The van der Waals surface area contributed by atoms with Crippen molar-refractivity contribution >= 4 is 44.6 Å². The van der Waals surface area contributed by atoms with Gasteiger partial charge in [-0.15, -0.1) is 11.3 Å². The van der Waals surface area contributed by atoms with Crippen molar-refractivity contribution in [3.05, 3.63) is 82.3 Å². The third kappa shape index (κ3) is 7.27. The number of hydrogen-bond acceptors (Lipinski definition) is 6. The SMILES string of the molecule is COCN.Cc1nc2cc(-c3ccc(C(CC(=N)C(F)(F)F)Nc4ccccc4Cl)cc3)ccc2s1. The van der Waals surface area contributed by atoms with Gasteiger partial charge in [-0.05, 0) is 47.9 Å². The van der Waals surface area contributed by atoms with Gasteiger partial charge in [0.2, 0.25) is 0 Å². The van der Waals surface area contributed by atoms with E-state index in [0.29, 0.717) is 23.0 Å². The molecule has 4 aromatic rings. The minimum Gasteiger partial charge on any atom is -0.377 e. The number of aromatic nitrogens is 1. The third-order valence-corrected chi connectivity index (χ3v) is 6.54. The van der Waals surface area contributed by atoms with Crippen molar-refractivity contribution in [1.82, 2.24) is 4.98 Å². The van der Waals surface area contributed by atoms with Gasteiger partial charge < -0.3 is 21.2 Å². The van der Waals surface area contributed by atoms with E-state index in [1.54, 1.807) is 54.8 Å². The molecule has 0 fully saturated rings. The van der Waals surface area contributed by atoms with Crippen LogP contribution in [0.2, 0.25) is 5.02 Å². The van der Waals surface area contributed by atoms with E-state index in [2.05, 4.69) is 15.0 Å². The lowest BCUT2D eigenvalue weighted by Gasteiger charge is -2.22. The largest absolute Gasteiger partial charge is 0.428 e. The molecule has 0 aliphatic heterocycles. The van der Waals surface area contributed by atoms with Gasteiger partial charge in [-0.1, -0.05) is 54.1 Å². The molecule has 0 saturated carbocycles. The lowest BCUT2D eigenvalue weighted by atomic mass is 9.97. The maximum atomic E-state index is 13.1. The smallest absolute Gasteiger partial charge is 0.377 e. The van der Waals surface area contributed by atoms with Crippen molar-refractivity contribution < 1.29 is 17.9 Å². The van der Waals surface area contributed by atoms with Gasteiger partial charge in [0.15, 0.2) is 0 Å². The molecular weight excluding hydrogens is 509 g/mol. The van der Waals surface area contributed by atoms with E-state index in [9.17, 15) is 13.2 Å². The number of anilines is 1. The van der Waals surface area contributed by atoms with Crippen LogP contribution in [0.4, 0.5) is 18.9 Å². The number of halogens is 4. The number of hydrogen-bond donors (Lipinski definition) is 3. The van der Waals surface area contributed by atoms with Crippen LogP contribution in [-0.2, 0) is 4.74 Å². The monoisotopic (exact) mass is 534 g/mol. The molecule has 10 heteroatoms. The summed E-state index contributed by atoms with van der Waals surface area (Å²) in [5.74, 6) is 0. The molecule has 0 bridgehead atoms. The molecule has 1 unspecified atom stereocenters. The molecule has 0 aliphatic rings. The van der Waals surface area contributed by atoms with Crippen LogP contribution in [0.15, 0.2) is 66.7 Å². The number of nitrogens with zero attached hydrogens (tertiary/aromatic N) is 1. The van der Waals surface area contributed by atoms with E-state index < -0.39 is 24.4 Å². The molecule has 0 amide bonds. The van der Waals surface area contributed by atoms with E-state index in [0.717, 1.165) is 26.4 Å². The van der Waals surface area contributed by atoms with E-state index >= 15 is 0 Å². The molecule has 0 saturated heterocycles. The number of benzene rings is 3. The number of thiazole rings is 1. The van der Waals surface area contributed by atoms with Crippen molar-refractivity contribution in [2.24, 2.45) is 5.73 Å². The Morgan fingerprint density at radius 1 is 1.11 bits per heavy atom. The van der Waals surface area contributed by atoms with Gasteiger partial charge in [-0.2, -0.15) is 13.2 Å². The number of para-hydroxylation sites is 1. The summed E-state index contributed by atoms with van der Waals surface area (Å²) in [7, 11) is 1.56. The Hall–Kier alpha value is -2.98. The Labute approximate surface area is 216 Å². The highest BCUT2D eigenvalue weighted by Crippen LogP contribution is 2.33. The molecule has 1 aromatic heterocycles. The van der Waals surface area contributed by atoms with E-state index in [-0.39, 0.29) is 0 Å². The van der Waals surface area contributed by atoms with Gasteiger partial charge in [-0.25, -0.2) is 4.98 Å². The number of rotatable bonds is 7. The topological polar surface area (TPSA) is 84.0 Å². The first-order chi connectivity index (χ1) is 17.1. The number of nitrogens with two attached hydrogens (primary N) is 1. The van der Waals surface area contributed by atoms with Crippen LogP contribution in [0, 0.1) is 12.3 Å². The van der Waals surface area contributed by atoms with Crippen molar-refractivity contribution in [2.75, 3.05) is 19.2 Å². The normalized spacial score (nSPS) is 12.1. The highest BCUT2D eigenvalue weighted by Gasteiger charge is 2.35. The molecule has 1 heterocycles. The minimum atomic E-state index is -4.68. The average molecular weight is 535 g/mol. The summed E-state index contributed by atoms with van der Waals surface area (Å²) in [4.78, 5) is 4.52. The Balaban J connectivity index is 0.000000840. The van der Waals surface area contributed by atoms with Crippen LogP contribution in [0.3, 0.4) is 0 Å². The summed E-state index contributed by atoms with van der Waals surface area (Å²) in [5, 5.41) is 12.0. The van der Waals surface area contributed by atoms with E-state index in [4.69, 9.17) is 22.7 Å². The van der Waals surface area contributed by atoms with Crippen LogP contribution < -0.4 is 11.1 Å². The summed E-state index contributed by atoms with van der Waals surface area (Å²) in [6.07, 6.45) is -5.19. The fourth-order valence-corrected chi connectivity index (χ4v) is 4.47. The predicted molar refractivity (Wildman–Crippen MR) is 142 cm³/mol. The second-order valence-corrected chi connectivity index (χ2v) is 9.49. The number of fused-ring (bicyclic) bond motifs is 1. The molecule has 3 aromatic carbocycles. The highest BCUT2D eigenvalue weighted by molar-refractivity contribution is 7.18. The van der Waals surface area contributed by atoms with Crippen LogP contribution in [0.5, 0.6) is 0 Å². The first-order valence-electron chi connectivity index (χ1n) is 10.9. The van der Waals surface area contributed by atoms with Gasteiger partial charge in [0, 0.05) is 13.5 Å². The first-order valence-corrected chi connectivity index (χ1v) is 12.1. The predicted octanol–water partition coefficient (Wildman–Crippen LogP) is 7.60. The van der Waals surface area contributed by atoms with Gasteiger partial charge in [0.25, 0.3) is 0 Å². The Kier molecular flexibility index (Phi) is 9.44. The summed E-state index contributed by atoms with van der Waals surface area (Å²) in [5.41, 5.74) is 7.49. The van der Waals surface area contributed by atoms with Crippen molar-refractivity contribution in [2.45, 2.75) is 25.6 Å². The Morgan fingerprint density at radius 2 is 1.75 bits per heavy atom. The van der Waals surface area contributed by atoms with Gasteiger partial charge >= 0.3 is 6.18 Å². The molecule has 0 aliphatic carbocycles. The second kappa shape index (κ2) is 12.3. The molecule has 5 nitrogen and oxygen atoms in total. The molecule has 4 N–H and O–H groups in total. The Bertz CT molecular complexity index is 1310. The van der Waals surface area contributed by atoms with Crippen LogP contribution in [0.25, 0.3) is 21.3 Å². The number of methoxy groups -OCH3 is 1. The average Bonchev–Trinajstić information content (AvgIpc) is 3.23. The zero-order valence-electron chi connectivity index (χ0n) is 19.7. The maximum Gasteiger partial charge on any atom is 0.428 e. The summed E-state index contributed by atoms with van der Waals surface area (Å²) in [6, 6.07) is 19.4. The molecule has 0 spiro atoms. The van der Waals surface area contributed by atoms with E-state index in [1.165, 1.54) is 0 Å². The summed E-state index contributed by atoms with van der Waals surface area (Å²) in [6.45, 7) is 2.28. The maximum absolute atomic E-state index is 13.1. The van der Waals surface area contributed by atoms with Crippen LogP contribution in [0.1, 0.15) is 23.0 Å². The molecule has 1 atom stereocenters. The van der Waals surface area contributed by atoms with Gasteiger partial charge in [-0.3, -0.25) is 0 Å². The first kappa shape index (κ1) is 27.6. The third-order valence-electron chi connectivity index (χ3n) is 5.26. The van der Waals surface area contributed by atoms with Crippen LogP contribution in [-0.4, -0.2) is 30.7 Å². The standard InChI is InChI=1S/C24H19ClF3N3S.C2H7NO/c1-14-30-21-12-17(10-11-22(21)32-14)15-6-8-16(9-7-15)20(13-23(29)24(26,27)28)31-19-5-3-2-4-18(19)25;1-4-2-3/h2-12,20,29,31H,13H2,1H3;2-3H2,1H3. The molecule has 0 radical (unpaired) electrons. The van der Waals surface area contributed by atoms with Crippen molar-refractivity contribution in [3.63, 3.8) is 0 Å². The van der Waals surface area contributed by atoms with Gasteiger partial charge in [0.05, 0.1) is 38.7 Å². The van der Waals surface area contributed by atoms with Gasteiger partial charge in [0.1, 0.15) is 5.71 Å². The zero-order valence-corrected chi connectivity index (χ0v) is 21.3. The number of aryl methyl sites for hydroxylation is 1. The fourth-order valence-electron chi connectivity index (χ4n) is 3.47. The summed E-state index contributed by atoms with van der Waals surface area (Å²) >= 11 is 7.82. The molecule has 36 heavy (non-hydrogen) atoms. The molecular formula is C26H26ClF3N4OS. The lowest BCUT2D eigenvalue weighted by molar-refractivity contribution is -0.0614. The second-order valence-electron chi connectivity index (χ2n) is 7.85. The number of alkyl halides is 3. The Morgan fingerprint density at radius 3 is 2.36 bits per heavy atom. The molecule has 4 rings (SSSR count). The fraction of sp³-hybridized carbons (Fsp3) is 0.231. The van der Waals surface area contributed by atoms with Crippen molar-refractivity contribution in [1.29, 1.82) is 5.41 Å². The van der Waals surface area contributed by atoms with Crippen LogP contribution >= 0.6 is 22.9 Å². The van der Waals surface area contributed by atoms with Crippen molar-refractivity contribution in [3.8, 4) is 11.1 Å². The lowest BCUT2D eigenvalue weighted by Crippen LogP contribution is -2.26. The van der Waals surface area contributed by atoms with E-state index in [1.807, 2.05) is 37.3 Å². The molecule has 190 valence electrons. The number of nitrogens with one attached hydrogen (secondary N) is 2.